The summed E-state index contributed by atoms with van der Waals surface area (Å²) in [7, 11) is 1.60. The number of methoxy groups -OCH3 is 1. The van der Waals surface area contributed by atoms with Gasteiger partial charge in [0.2, 0.25) is 0 Å². The number of benzene rings is 1. The Morgan fingerprint density at radius 3 is 2.69 bits per heavy atom. The maximum atomic E-state index is 12.5. The highest BCUT2D eigenvalue weighted by atomic mass is 32.1. The minimum atomic E-state index is -0.263. The van der Waals surface area contributed by atoms with Gasteiger partial charge in [-0.3, -0.25) is 4.79 Å². The van der Waals surface area contributed by atoms with Gasteiger partial charge in [-0.2, -0.15) is 5.26 Å². The molecule has 1 aromatic carbocycles. The fraction of sp³-hybridized carbons (Fsp3) is 0.150. The van der Waals surface area contributed by atoms with Gasteiger partial charge in [-0.15, -0.1) is 11.3 Å². The molecule has 0 aliphatic carbocycles. The lowest BCUT2D eigenvalue weighted by molar-refractivity contribution is 0.0946. The number of thiophene rings is 1. The number of aromatic nitrogens is 1. The molecular weight excluding hydrogens is 346 g/mol. The number of amides is 1. The van der Waals surface area contributed by atoms with E-state index in [1.165, 1.54) is 0 Å². The Morgan fingerprint density at radius 1 is 1.31 bits per heavy atom. The number of nitrogens with zero attached hydrogens (tertiary/aromatic N) is 2. The van der Waals surface area contributed by atoms with E-state index in [1.54, 1.807) is 31.4 Å². The number of nitriles is 1. The minimum Gasteiger partial charge on any atom is -0.497 e. The lowest BCUT2D eigenvalue weighted by atomic mass is 9.98. The molecule has 0 saturated carbocycles. The molecule has 3 rings (SSSR count). The summed E-state index contributed by atoms with van der Waals surface area (Å²) in [5.74, 6) is 0.465. The maximum absolute atomic E-state index is 12.5. The zero-order chi connectivity index (χ0) is 18.5. The summed E-state index contributed by atoms with van der Waals surface area (Å²) in [5.41, 5.74) is 2.81. The molecule has 2 aromatic heterocycles. The van der Waals surface area contributed by atoms with Gasteiger partial charge in [-0.25, -0.2) is 4.98 Å². The second-order valence-electron chi connectivity index (χ2n) is 5.62. The zero-order valence-corrected chi connectivity index (χ0v) is 15.3. The van der Waals surface area contributed by atoms with Gasteiger partial charge < -0.3 is 10.1 Å². The van der Waals surface area contributed by atoms with Crippen LogP contribution >= 0.6 is 11.3 Å². The second-order valence-corrected chi connectivity index (χ2v) is 6.65. The molecule has 1 amide bonds. The van der Waals surface area contributed by atoms with Crippen molar-refractivity contribution in [1.29, 1.82) is 5.26 Å². The molecule has 0 spiro atoms. The molecule has 5 nitrogen and oxygen atoms in total. The standard InChI is InChI=1S/C20H17N3O2S/c1-13-18(11-21)17(14-5-7-15(25-2)8-6-14)10-19(23-13)20(24)22-12-16-4-3-9-26-16/h3-10H,12H2,1-2H3,(H,22,24). The molecular formula is C20H17N3O2S. The highest BCUT2D eigenvalue weighted by Crippen LogP contribution is 2.27. The van der Waals surface area contributed by atoms with Crippen molar-refractivity contribution >= 4 is 17.2 Å². The van der Waals surface area contributed by atoms with Crippen molar-refractivity contribution in [3.8, 4) is 22.9 Å². The largest absolute Gasteiger partial charge is 0.497 e. The predicted molar refractivity (Wildman–Crippen MR) is 101 cm³/mol. The van der Waals surface area contributed by atoms with Crippen molar-refractivity contribution in [2.24, 2.45) is 0 Å². The Morgan fingerprint density at radius 2 is 2.08 bits per heavy atom. The second kappa shape index (κ2) is 7.81. The van der Waals surface area contributed by atoms with Gasteiger partial charge in [-0.05, 0) is 42.1 Å². The van der Waals surface area contributed by atoms with Crippen LogP contribution in [-0.2, 0) is 6.54 Å². The summed E-state index contributed by atoms with van der Waals surface area (Å²) < 4.78 is 5.17. The highest BCUT2D eigenvalue weighted by molar-refractivity contribution is 7.09. The molecule has 0 fully saturated rings. The first-order chi connectivity index (χ1) is 12.6. The summed E-state index contributed by atoms with van der Waals surface area (Å²) in [6.45, 7) is 2.19. The first-order valence-electron chi connectivity index (χ1n) is 7.99. The molecule has 0 saturated heterocycles. The molecule has 3 aromatic rings. The topological polar surface area (TPSA) is 75.0 Å². The van der Waals surface area contributed by atoms with E-state index in [-0.39, 0.29) is 5.91 Å². The molecule has 6 heteroatoms. The van der Waals surface area contributed by atoms with E-state index in [0.29, 0.717) is 29.1 Å². The third-order valence-electron chi connectivity index (χ3n) is 3.95. The molecule has 0 atom stereocenters. The van der Waals surface area contributed by atoms with Crippen LogP contribution in [0.25, 0.3) is 11.1 Å². The number of nitrogens with one attached hydrogen (secondary N) is 1. The van der Waals surface area contributed by atoms with Crippen LogP contribution in [0.3, 0.4) is 0 Å². The summed E-state index contributed by atoms with van der Waals surface area (Å²) >= 11 is 1.58. The van der Waals surface area contributed by atoms with E-state index in [9.17, 15) is 10.1 Å². The van der Waals surface area contributed by atoms with Crippen molar-refractivity contribution in [3.63, 3.8) is 0 Å². The minimum absolute atomic E-state index is 0.263. The van der Waals surface area contributed by atoms with Crippen LogP contribution in [0.15, 0.2) is 47.8 Å². The Kier molecular flexibility index (Phi) is 5.30. The van der Waals surface area contributed by atoms with Crippen molar-refractivity contribution in [1.82, 2.24) is 10.3 Å². The molecule has 2 heterocycles. The van der Waals surface area contributed by atoms with Gasteiger partial charge in [0.15, 0.2) is 0 Å². The summed E-state index contributed by atoms with van der Waals surface area (Å²) in [5, 5.41) is 14.3. The first kappa shape index (κ1) is 17.6. The molecule has 1 N–H and O–H groups in total. The van der Waals surface area contributed by atoms with Gasteiger partial charge >= 0.3 is 0 Å². The maximum Gasteiger partial charge on any atom is 0.270 e. The SMILES string of the molecule is COc1ccc(-c2cc(C(=O)NCc3cccs3)nc(C)c2C#N)cc1. The number of pyridine rings is 1. The van der Waals surface area contributed by atoms with E-state index in [2.05, 4.69) is 16.4 Å². The highest BCUT2D eigenvalue weighted by Gasteiger charge is 2.16. The number of hydrogen-bond donors (Lipinski definition) is 1. The van der Waals surface area contributed by atoms with Crippen molar-refractivity contribution in [2.45, 2.75) is 13.5 Å². The molecule has 0 radical (unpaired) electrons. The van der Waals surface area contributed by atoms with Crippen LogP contribution in [-0.4, -0.2) is 18.0 Å². The van der Waals surface area contributed by atoms with E-state index >= 15 is 0 Å². The first-order valence-corrected chi connectivity index (χ1v) is 8.87. The molecule has 0 aliphatic rings. The fourth-order valence-electron chi connectivity index (χ4n) is 2.60. The Hall–Kier alpha value is -3.17. The average molecular weight is 363 g/mol. The van der Waals surface area contributed by atoms with E-state index in [4.69, 9.17) is 4.74 Å². The lowest BCUT2D eigenvalue weighted by Gasteiger charge is -2.11. The Labute approximate surface area is 155 Å². The van der Waals surface area contributed by atoms with Gasteiger partial charge in [0, 0.05) is 10.4 Å². The van der Waals surface area contributed by atoms with Crippen molar-refractivity contribution < 1.29 is 9.53 Å². The van der Waals surface area contributed by atoms with Gasteiger partial charge in [-0.1, -0.05) is 18.2 Å². The molecule has 0 unspecified atom stereocenters. The van der Waals surface area contributed by atoms with Gasteiger partial charge in [0.1, 0.15) is 17.5 Å². The smallest absolute Gasteiger partial charge is 0.270 e. The number of aryl methyl sites for hydroxylation is 1. The van der Waals surface area contributed by atoms with Crippen LogP contribution in [0, 0.1) is 18.3 Å². The number of carbonyl (C=O) groups excluding carboxylic acids is 1. The van der Waals surface area contributed by atoms with Gasteiger partial charge in [0.25, 0.3) is 5.91 Å². The van der Waals surface area contributed by atoms with Crippen molar-refractivity contribution in [2.75, 3.05) is 7.11 Å². The number of carbonyl (C=O) groups is 1. The summed E-state index contributed by atoms with van der Waals surface area (Å²) in [6, 6.07) is 15.1. The number of ether oxygens (including phenoxy) is 1. The summed E-state index contributed by atoms with van der Waals surface area (Å²) in [6.07, 6.45) is 0. The number of hydrogen-bond acceptors (Lipinski definition) is 5. The third-order valence-corrected chi connectivity index (χ3v) is 4.83. The summed E-state index contributed by atoms with van der Waals surface area (Å²) in [4.78, 5) is 17.9. The van der Waals surface area contributed by atoms with Crippen LogP contribution in [0.2, 0.25) is 0 Å². The molecule has 26 heavy (non-hydrogen) atoms. The van der Waals surface area contributed by atoms with E-state index in [0.717, 1.165) is 16.2 Å². The normalized spacial score (nSPS) is 10.2. The van der Waals surface area contributed by atoms with Crippen LogP contribution in [0.1, 0.15) is 26.6 Å². The monoisotopic (exact) mass is 363 g/mol. The Balaban J connectivity index is 1.93. The Bertz CT molecular complexity index is 958. The third kappa shape index (κ3) is 3.73. The van der Waals surface area contributed by atoms with Gasteiger partial charge in [0.05, 0.1) is 24.9 Å². The zero-order valence-electron chi connectivity index (χ0n) is 14.4. The quantitative estimate of drug-likeness (QED) is 0.745. The fourth-order valence-corrected chi connectivity index (χ4v) is 3.24. The molecule has 130 valence electrons. The van der Waals surface area contributed by atoms with E-state index in [1.807, 2.05) is 41.8 Å². The van der Waals surface area contributed by atoms with Crippen LogP contribution in [0.5, 0.6) is 5.75 Å². The molecule has 0 bridgehead atoms. The van der Waals surface area contributed by atoms with Crippen molar-refractivity contribution in [3.05, 3.63) is 69.7 Å². The number of rotatable bonds is 5. The van der Waals surface area contributed by atoms with Crippen LogP contribution in [0.4, 0.5) is 0 Å². The predicted octanol–water partition coefficient (Wildman–Crippen LogP) is 3.93. The average Bonchev–Trinajstić information content (AvgIpc) is 3.19. The van der Waals surface area contributed by atoms with E-state index < -0.39 is 0 Å². The lowest BCUT2D eigenvalue weighted by Crippen LogP contribution is -2.24. The van der Waals surface area contributed by atoms with Crippen LogP contribution < -0.4 is 10.1 Å². The molecule has 0 aliphatic heterocycles.